The Bertz CT molecular complexity index is 1410. The molecule has 0 radical (unpaired) electrons. The molecule has 41 heavy (non-hydrogen) atoms. The molecule has 0 amide bonds. The summed E-state index contributed by atoms with van der Waals surface area (Å²) in [4.78, 5) is 33.6. The number of hydrogen-bond donors (Lipinski definition) is 0. The van der Waals surface area contributed by atoms with Crippen molar-refractivity contribution in [3.05, 3.63) is 59.0 Å². The molecule has 1 aliphatic rings. The zero-order valence-electron chi connectivity index (χ0n) is 20.6. The minimum absolute atomic E-state index is 0.0130. The van der Waals surface area contributed by atoms with Gasteiger partial charge in [-0.3, -0.25) is 0 Å². The van der Waals surface area contributed by atoms with Crippen molar-refractivity contribution in [2.75, 3.05) is 29.3 Å². The van der Waals surface area contributed by atoms with Gasteiger partial charge in [-0.15, -0.1) is 5.06 Å². The highest BCUT2D eigenvalue weighted by Gasteiger charge is 2.44. The van der Waals surface area contributed by atoms with Gasteiger partial charge in [-0.2, -0.15) is 39.5 Å². The van der Waals surface area contributed by atoms with Crippen molar-refractivity contribution in [1.29, 1.82) is 0 Å². The molecule has 8 nitrogen and oxygen atoms in total. The summed E-state index contributed by atoms with van der Waals surface area (Å²) in [6, 6.07) is 3.18. The maximum atomic E-state index is 13.6. The van der Waals surface area contributed by atoms with E-state index >= 15 is 0 Å². The first kappa shape index (κ1) is 30.1. The summed E-state index contributed by atoms with van der Waals surface area (Å²) in [7, 11) is 0. The molecule has 0 aliphatic carbocycles. The lowest BCUT2D eigenvalue weighted by Gasteiger charge is -2.25. The molecule has 0 fully saturated rings. The van der Waals surface area contributed by atoms with E-state index in [1.165, 1.54) is 17.4 Å². The number of hydrogen-bond acceptors (Lipinski definition) is 9. The molecule has 0 atom stereocenters. The normalized spacial score (nSPS) is 14.3. The topological polar surface area (TPSA) is 84.3 Å². The van der Waals surface area contributed by atoms with Crippen LogP contribution in [-0.2, 0) is 34.8 Å². The second-order valence-corrected chi connectivity index (χ2v) is 9.17. The van der Waals surface area contributed by atoms with E-state index in [-0.39, 0.29) is 53.2 Å². The Morgan fingerprint density at radius 3 is 2.24 bits per heavy atom. The van der Waals surface area contributed by atoms with Gasteiger partial charge in [-0.05, 0) is 36.9 Å². The number of alkyl halides is 9. The van der Waals surface area contributed by atoms with E-state index in [9.17, 15) is 44.3 Å². The molecule has 4 heterocycles. The average Bonchev–Trinajstić information content (AvgIpc) is 3.12. The van der Waals surface area contributed by atoms with Crippen LogP contribution in [0.4, 0.5) is 57.0 Å². The van der Waals surface area contributed by atoms with Gasteiger partial charge in [0.05, 0.1) is 16.8 Å². The fourth-order valence-electron chi connectivity index (χ4n) is 3.91. The summed E-state index contributed by atoms with van der Waals surface area (Å²) in [5.74, 6) is -4.18. The molecule has 4 rings (SSSR count). The number of fused-ring (bicyclic) bond motifs is 1. The number of thioether (sulfide) groups is 1. The monoisotopic (exact) mass is 612 g/mol. The van der Waals surface area contributed by atoms with Crippen molar-refractivity contribution in [2.24, 2.45) is 0 Å². The van der Waals surface area contributed by atoms with Crippen LogP contribution in [0.2, 0.25) is 0 Å². The number of aromatic nitrogens is 4. The summed E-state index contributed by atoms with van der Waals surface area (Å²) < 4.78 is 120. The van der Waals surface area contributed by atoms with Gasteiger partial charge >= 0.3 is 24.5 Å². The van der Waals surface area contributed by atoms with E-state index in [0.29, 0.717) is 18.3 Å². The first-order chi connectivity index (χ1) is 19.1. The summed E-state index contributed by atoms with van der Waals surface area (Å²) in [5, 5.41) is 0.231. The van der Waals surface area contributed by atoms with Gasteiger partial charge in [0.15, 0.2) is 16.8 Å². The Labute approximate surface area is 229 Å². The van der Waals surface area contributed by atoms with Gasteiger partial charge in [0.1, 0.15) is 5.82 Å². The van der Waals surface area contributed by atoms with Gasteiger partial charge in [0.2, 0.25) is 0 Å². The third-order valence-corrected chi connectivity index (χ3v) is 6.30. The molecule has 220 valence electrons. The highest BCUT2D eigenvalue weighted by atomic mass is 32.2. The first-order valence-electron chi connectivity index (χ1n) is 11.4. The maximum Gasteiger partial charge on any atom is 0.493 e. The van der Waals surface area contributed by atoms with E-state index in [0.717, 1.165) is 23.9 Å². The van der Waals surface area contributed by atoms with Crippen molar-refractivity contribution in [3.8, 4) is 0 Å². The maximum absolute atomic E-state index is 13.6. The fourth-order valence-corrected chi connectivity index (χ4v) is 4.28. The number of pyridine rings is 2. The lowest BCUT2D eigenvalue weighted by Crippen LogP contribution is -2.34. The predicted molar refractivity (Wildman–Crippen MR) is 126 cm³/mol. The lowest BCUT2D eigenvalue weighted by molar-refractivity contribution is -0.200. The number of carbonyl (C=O) groups excluding carboxylic acids is 1. The van der Waals surface area contributed by atoms with Crippen LogP contribution in [0.25, 0.3) is 0 Å². The molecule has 0 saturated carbocycles. The largest absolute Gasteiger partial charge is 0.493 e. The molecule has 18 heteroatoms. The molecule has 0 aromatic carbocycles. The molecule has 3 aromatic heterocycles. The van der Waals surface area contributed by atoms with Crippen LogP contribution in [0.15, 0.2) is 41.8 Å². The van der Waals surface area contributed by atoms with E-state index in [1.807, 2.05) is 0 Å². The minimum Gasteiger partial charge on any atom is -0.355 e. The predicted octanol–water partition coefficient (Wildman–Crippen LogP) is 5.79. The summed E-state index contributed by atoms with van der Waals surface area (Å²) in [6.45, 7) is -0.165. The highest BCUT2D eigenvalue weighted by molar-refractivity contribution is 7.98. The van der Waals surface area contributed by atoms with Crippen molar-refractivity contribution in [2.45, 2.75) is 36.5 Å². The molecule has 3 aromatic rings. The van der Waals surface area contributed by atoms with Crippen molar-refractivity contribution >= 4 is 35.2 Å². The summed E-state index contributed by atoms with van der Waals surface area (Å²) in [6.07, 6.45) is -12.2. The standard InChI is InChI=1S/C23H17F9N6O2S/c1-41-20-35-15-7-10-37(18-14(22(27,28)29)3-2-8-33-18)9-6-13(15)17(36-20)38(40-19(39)23(30,31)32)16-5-4-12(11-34-16)21(24,25)26/h2-5,8,11H,6-7,9-10H2,1H3. The fraction of sp³-hybridized carbons (Fsp3) is 0.348. The van der Waals surface area contributed by atoms with Gasteiger partial charge in [0, 0.05) is 37.5 Å². The molecular weight excluding hydrogens is 595 g/mol. The summed E-state index contributed by atoms with van der Waals surface area (Å²) in [5.41, 5.74) is -1.92. The molecule has 0 bridgehead atoms. The Morgan fingerprint density at radius 2 is 1.66 bits per heavy atom. The quantitative estimate of drug-likeness (QED) is 0.154. The number of anilines is 3. The van der Waals surface area contributed by atoms with E-state index < -0.39 is 47.3 Å². The second kappa shape index (κ2) is 11.2. The average molecular weight is 612 g/mol. The zero-order valence-corrected chi connectivity index (χ0v) is 21.4. The van der Waals surface area contributed by atoms with Crippen LogP contribution >= 0.6 is 11.8 Å². The van der Waals surface area contributed by atoms with E-state index in [1.54, 1.807) is 0 Å². The second-order valence-electron chi connectivity index (χ2n) is 8.39. The number of rotatable bonds is 5. The molecule has 0 N–H and O–H groups in total. The smallest absolute Gasteiger partial charge is 0.355 e. The Morgan fingerprint density at radius 1 is 0.951 bits per heavy atom. The summed E-state index contributed by atoms with van der Waals surface area (Å²) >= 11 is 0.953. The Kier molecular flexibility index (Phi) is 8.24. The van der Waals surface area contributed by atoms with Crippen LogP contribution in [0, 0.1) is 0 Å². The Balaban J connectivity index is 1.80. The van der Waals surface area contributed by atoms with Gasteiger partial charge in [-0.1, -0.05) is 11.8 Å². The first-order valence-corrected chi connectivity index (χ1v) is 12.7. The third kappa shape index (κ3) is 6.74. The van der Waals surface area contributed by atoms with E-state index in [4.69, 9.17) is 0 Å². The molecule has 0 saturated heterocycles. The minimum atomic E-state index is -5.50. The van der Waals surface area contributed by atoms with Gasteiger partial charge < -0.3 is 9.74 Å². The lowest BCUT2D eigenvalue weighted by atomic mass is 10.1. The van der Waals surface area contributed by atoms with Crippen molar-refractivity contribution < 1.29 is 49.1 Å². The molecular formula is C23H17F9N6O2S. The Hall–Kier alpha value is -3.83. The molecule has 0 spiro atoms. The number of nitrogens with zero attached hydrogens (tertiary/aromatic N) is 6. The van der Waals surface area contributed by atoms with E-state index in [2.05, 4.69) is 24.8 Å². The third-order valence-electron chi connectivity index (χ3n) is 5.76. The molecule has 1 aliphatic heterocycles. The van der Waals surface area contributed by atoms with Crippen LogP contribution in [0.5, 0.6) is 0 Å². The van der Waals surface area contributed by atoms with Crippen molar-refractivity contribution in [3.63, 3.8) is 0 Å². The van der Waals surface area contributed by atoms with Gasteiger partial charge in [-0.25, -0.2) is 24.7 Å². The van der Waals surface area contributed by atoms with Crippen LogP contribution < -0.4 is 9.96 Å². The van der Waals surface area contributed by atoms with Crippen molar-refractivity contribution in [1.82, 2.24) is 19.9 Å². The highest BCUT2D eigenvalue weighted by Crippen LogP contribution is 2.38. The van der Waals surface area contributed by atoms with Gasteiger partial charge in [0.25, 0.3) is 0 Å². The molecule has 0 unspecified atom stereocenters. The van der Waals surface area contributed by atoms with Crippen LogP contribution in [-0.4, -0.2) is 51.4 Å². The number of halogens is 9. The van der Waals surface area contributed by atoms with Crippen LogP contribution in [0.3, 0.4) is 0 Å². The SMILES string of the molecule is CSc1nc2c(c(N(OC(=O)C(F)(F)F)c3ccc(C(F)(F)F)cn3)n1)CCN(c1ncccc1C(F)(F)F)CC2. The zero-order chi connectivity index (χ0) is 30.2. The number of carbonyl (C=O) groups is 1. The van der Waals surface area contributed by atoms with Crippen LogP contribution in [0.1, 0.15) is 22.4 Å².